The number of aliphatic hydroxyl groups is 8. The average Bonchev–Trinajstić information content (AvgIpc) is 2.81. The van der Waals surface area contributed by atoms with E-state index >= 15 is 0 Å². The number of phenols is 1. The third-order valence-electron chi connectivity index (χ3n) is 5.65. The molecule has 13 heteroatoms. The van der Waals surface area contributed by atoms with Crippen LogP contribution in [0.4, 0.5) is 0 Å². The van der Waals surface area contributed by atoms with E-state index < -0.39 is 86.1 Å². The predicted molar refractivity (Wildman–Crippen MR) is 111 cm³/mol. The van der Waals surface area contributed by atoms with Gasteiger partial charge in [0.1, 0.15) is 48.8 Å². The first kappa shape index (κ1) is 26.6. The Labute approximate surface area is 194 Å². The lowest BCUT2D eigenvalue weighted by Crippen LogP contribution is -2.60. The van der Waals surface area contributed by atoms with E-state index in [1.807, 2.05) is 0 Å². The molecule has 2 aliphatic rings. The van der Waals surface area contributed by atoms with Gasteiger partial charge in [-0.25, -0.2) is 0 Å². The third-order valence-corrected chi connectivity index (χ3v) is 5.65. The lowest BCUT2D eigenvalue weighted by Gasteiger charge is -2.41. The molecule has 34 heavy (non-hydrogen) atoms. The van der Waals surface area contributed by atoms with E-state index in [1.165, 1.54) is 18.2 Å². The zero-order chi connectivity index (χ0) is 25.2. The summed E-state index contributed by atoms with van der Waals surface area (Å²) in [7, 11) is 0. The number of benzene rings is 1. The summed E-state index contributed by atoms with van der Waals surface area (Å²) >= 11 is 0. The standard InChI is InChI=1S/C21H30O13/c1-2-3-8-4-9(24)19(34-21-18(30)16(28)14(26)12(7-23)33-21)10(5-8)31-20-17(29)15(27)13(25)11(6-22)32-20/h2,4-5,11-18,20-30H,1,3,6-7H2/t11-,12-,13-,14-,15+,16+,17-,18-,20-,21+/m1/s1. The Morgan fingerprint density at radius 1 is 0.765 bits per heavy atom. The fourth-order valence-corrected chi connectivity index (χ4v) is 3.70. The minimum absolute atomic E-state index is 0.252. The normalized spacial score (nSPS) is 38.4. The highest BCUT2D eigenvalue weighted by Crippen LogP contribution is 2.41. The molecule has 0 radical (unpaired) electrons. The van der Waals surface area contributed by atoms with Crippen LogP contribution >= 0.6 is 0 Å². The highest BCUT2D eigenvalue weighted by molar-refractivity contribution is 5.53. The summed E-state index contributed by atoms with van der Waals surface area (Å²) in [6.07, 6.45) is -14.3. The van der Waals surface area contributed by atoms with E-state index in [9.17, 15) is 46.0 Å². The summed E-state index contributed by atoms with van der Waals surface area (Å²) in [6, 6.07) is 2.67. The van der Waals surface area contributed by atoms with Crippen molar-refractivity contribution >= 4 is 0 Å². The molecule has 0 unspecified atom stereocenters. The van der Waals surface area contributed by atoms with Gasteiger partial charge < -0.3 is 64.9 Å². The maximum Gasteiger partial charge on any atom is 0.229 e. The molecular formula is C21H30O13. The van der Waals surface area contributed by atoms with Crippen molar-refractivity contribution in [2.24, 2.45) is 0 Å². The third kappa shape index (κ3) is 5.28. The van der Waals surface area contributed by atoms with Crippen LogP contribution in [0.1, 0.15) is 5.56 Å². The molecule has 2 fully saturated rings. The predicted octanol–water partition coefficient (Wildman–Crippen LogP) is -3.52. The smallest absolute Gasteiger partial charge is 0.229 e. The van der Waals surface area contributed by atoms with Crippen LogP contribution < -0.4 is 9.47 Å². The second-order valence-electron chi connectivity index (χ2n) is 8.07. The Morgan fingerprint density at radius 2 is 1.26 bits per heavy atom. The minimum atomic E-state index is -1.79. The lowest BCUT2D eigenvalue weighted by molar-refractivity contribution is -0.282. The van der Waals surface area contributed by atoms with Gasteiger partial charge in [0.15, 0.2) is 11.5 Å². The van der Waals surface area contributed by atoms with Gasteiger partial charge in [0.25, 0.3) is 0 Å². The molecule has 0 saturated carbocycles. The van der Waals surface area contributed by atoms with Gasteiger partial charge in [0.2, 0.25) is 18.3 Å². The summed E-state index contributed by atoms with van der Waals surface area (Å²) in [5, 5.41) is 89.8. The summed E-state index contributed by atoms with van der Waals surface area (Å²) in [6.45, 7) is 2.21. The van der Waals surface area contributed by atoms with Gasteiger partial charge in [-0.1, -0.05) is 6.08 Å². The van der Waals surface area contributed by atoms with Crippen molar-refractivity contribution in [3.8, 4) is 17.2 Å². The van der Waals surface area contributed by atoms with E-state index in [1.54, 1.807) is 0 Å². The van der Waals surface area contributed by atoms with Gasteiger partial charge >= 0.3 is 0 Å². The molecule has 0 spiro atoms. The van der Waals surface area contributed by atoms with Gasteiger partial charge in [0, 0.05) is 0 Å². The number of aliphatic hydroxyl groups excluding tert-OH is 8. The molecule has 0 amide bonds. The van der Waals surface area contributed by atoms with E-state index in [0.29, 0.717) is 5.56 Å². The van der Waals surface area contributed by atoms with Crippen molar-refractivity contribution in [3.63, 3.8) is 0 Å². The Morgan fingerprint density at radius 3 is 1.74 bits per heavy atom. The Bertz CT molecular complexity index is 831. The van der Waals surface area contributed by atoms with E-state index in [2.05, 4.69) is 6.58 Å². The number of phenolic OH excluding ortho intramolecular Hbond substituents is 1. The Kier molecular flexibility index (Phi) is 8.70. The molecule has 13 nitrogen and oxygen atoms in total. The maximum absolute atomic E-state index is 10.6. The van der Waals surface area contributed by atoms with Crippen LogP contribution in [-0.2, 0) is 15.9 Å². The molecule has 2 saturated heterocycles. The van der Waals surface area contributed by atoms with Crippen molar-refractivity contribution < 1.29 is 64.9 Å². The molecule has 2 aliphatic heterocycles. The summed E-state index contributed by atoms with van der Waals surface area (Å²) < 4.78 is 21.8. The summed E-state index contributed by atoms with van der Waals surface area (Å²) in [5.41, 5.74) is 0.480. The van der Waals surface area contributed by atoms with Gasteiger partial charge in [-0.15, -0.1) is 6.58 Å². The summed E-state index contributed by atoms with van der Waals surface area (Å²) in [4.78, 5) is 0. The number of hydrogen-bond donors (Lipinski definition) is 9. The zero-order valence-electron chi connectivity index (χ0n) is 18.0. The largest absolute Gasteiger partial charge is 0.504 e. The van der Waals surface area contributed by atoms with Crippen LogP contribution in [-0.4, -0.2) is 121 Å². The molecular weight excluding hydrogens is 460 g/mol. The molecule has 3 rings (SSSR count). The van der Waals surface area contributed by atoms with Crippen molar-refractivity contribution in [3.05, 3.63) is 30.4 Å². The maximum atomic E-state index is 10.6. The number of ether oxygens (including phenoxy) is 4. The molecule has 2 heterocycles. The van der Waals surface area contributed by atoms with Gasteiger partial charge in [-0.3, -0.25) is 0 Å². The number of aromatic hydroxyl groups is 1. The second-order valence-corrected chi connectivity index (χ2v) is 8.07. The Hall–Kier alpha value is -2.04. The fourth-order valence-electron chi connectivity index (χ4n) is 3.70. The number of allylic oxidation sites excluding steroid dienone is 1. The lowest BCUT2D eigenvalue weighted by atomic mass is 9.99. The monoisotopic (exact) mass is 490 g/mol. The van der Waals surface area contributed by atoms with Crippen LogP contribution in [0, 0.1) is 0 Å². The van der Waals surface area contributed by atoms with Crippen LogP contribution in [0.15, 0.2) is 24.8 Å². The number of rotatable bonds is 8. The van der Waals surface area contributed by atoms with E-state index in [-0.39, 0.29) is 12.2 Å². The zero-order valence-corrected chi connectivity index (χ0v) is 18.0. The molecule has 10 atom stereocenters. The van der Waals surface area contributed by atoms with Crippen molar-refractivity contribution in [1.82, 2.24) is 0 Å². The van der Waals surface area contributed by atoms with Gasteiger partial charge in [-0.2, -0.15) is 0 Å². The van der Waals surface area contributed by atoms with E-state index in [4.69, 9.17) is 18.9 Å². The highest BCUT2D eigenvalue weighted by Gasteiger charge is 2.47. The first-order chi connectivity index (χ1) is 16.1. The Balaban J connectivity index is 1.93. The molecule has 1 aromatic carbocycles. The van der Waals surface area contributed by atoms with Crippen LogP contribution in [0.5, 0.6) is 17.2 Å². The van der Waals surface area contributed by atoms with Crippen LogP contribution in [0.25, 0.3) is 0 Å². The van der Waals surface area contributed by atoms with Crippen LogP contribution in [0.2, 0.25) is 0 Å². The quantitative estimate of drug-likeness (QED) is 0.162. The minimum Gasteiger partial charge on any atom is -0.504 e. The first-order valence-corrected chi connectivity index (χ1v) is 10.5. The molecule has 0 aliphatic carbocycles. The molecule has 192 valence electrons. The molecule has 0 aromatic heterocycles. The highest BCUT2D eigenvalue weighted by atomic mass is 16.7. The van der Waals surface area contributed by atoms with Crippen molar-refractivity contribution in [1.29, 1.82) is 0 Å². The SMILES string of the molecule is C=CCc1cc(O)c(O[C@@H]2O[C@H](CO)[C@@H](O)[C@H](O)[C@H]2O)c(O[C@@H]2O[C@H](CO)[C@@H](O)[C@H](O)[C@H]2O)c1. The van der Waals surface area contributed by atoms with Gasteiger partial charge in [0.05, 0.1) is 13.2 Å². The molecule has 1 aromatic rings. The number of hydrogen-bond acceptors (Lipinski definition) is 13. The summed E-state index contributed by atoms with van der Waals surface area (Å²) in [5.74, 6) is -1.18. The fraction of sp³-hybridized carbons (Fsp3) is 0.619. The van der Waals surface area contributed by atoms with Gasteiger partial charge in [-0.05, 0) is 24.1 Å². The molecule has 0 bridgehead atoms. The first-order valence-electron chi connectivity index (χ1n) is 10.5. The van der Waals surface area contributed by atoms with E-state index in [0.717, 1.165) is 0 Å². The molecule has 9 N–H and O–H groups in total. The van der Waals surface area contributed by atoms with Crippen molar-refractivity contribution in [2.45, 2.75) is 67.8 Å². The van der Waals surface area contributed by atoms with Crippen LogP contribution in [0.3, 0.4) is 0 Å². The van der Waals surface area contributed by atoms with Crippen molar-refractivity contribution in [2.75, 3.05) is 13.2 Å². The average molecular weight is 490 g/mol. The second kappa shape index (κ2) is 11.1. The topological polar surface area (TPSA) is 219 Å².